The summed E-state index contributed by atoms with van der Waals surface area (Å²) in [6, 6.07) is 6.99. The van der Waals surface area contributed by atoms with E-state index in [1.165, 1.54) is 6.08 Å². The number of nitrogens with zero attached hydrogens (tertiary/aromatic N) is 1. The normalized spacial score (nSPS) is 15.3. The molecular formula is C14H13N3O4S. The second-order valence-corrected chi connectivity index (χ2v) is 6.56. The molecule has 0 fully saturated rings. The molecule has 3 rings (SSSR count). The first kappa shape index (κ1) is 14.3. The number of fused-ring (bicyclic) bond motifs is 1. The fourth-order valence-electron chi connectivity index (χ4n) is 2.44. The molecule has 0 unspecified atom stereocenters. The lowest BCUT2D eigenvalue weighted by Crippen LogP contribution is -2.20. The third-order valence-corrected chi connectivity index (χ3v) is 5.00. The molecular weight excluding hydrogens is 306 g/mol. The Bertz CT molecular complexity index is 909. The molecule has 0 atom stereocenters. The van der Waals surface area contributed by atoms with Crippen LogP contribution in [0.5, 0.6) is 0 Å². The molecule has 1 aliphatic carbocycles. The van der Waals surface area contributed by atoms with Crippen LogP contribution in [-0.2, 0) is 10.0 Å². The van der Waals surface area contributed by atoms with Crippen LogP contribution in [0.4, 0.5) is 5.69 Å². The zero-order valence-electron chi connectivity index (χ0n) is 11.4. The van der Waals surface area contributed by atoms with E-state index < -0.39 is 14.9 Å². The number of sulfonamides is 1. The van der Waals surface area contributed by atoms with E-state index in [-0.39, 0.29) is 17.0 Å². The predicted octanol–water partition coefficient (Wildman–Crippen LogP) is 2.75. The van der Waals surface area contributed by atoms with Gasteiger partial charge in [-0.05, 0) is 25.0 Å². The van der Waals surface area contributed by atoms with E-state index in [1.54, 1.807) is 24.4 Å². The van der Waals surface area contributed by atoms with Crippen molar-refractivity contribution in [1.82, 2.24) is 4.98 Å². The van der Waals surface area contributed by atoms with Gasteiger partial charge in [0.15, 0.2) is 0 Å². The molecule has 0 saturated heterocycles. The topological polar surface area (TPSA) is 105 Å². The van der Waals surface area contributed by atoms with Gasteiger partial charge >= 0.3 is 0 Å². The van der Waals surface area contributed by atoms with Gasteiger partial charge in [0.1, 0.15) is 4.91 Å². The summed E-state index contributed by atoms with van der Waals surface area (Å²) in [6.45, 7) is 0. The largest absolute Gasteiger partial charge is 0.359 e. The number of hydrogen-bond acceptors (Lipinski definition) is 4. The number of H-pyrrole nitrogens is 1. The van der Waals surface area contributed by atoms with Gasteiger partial charge in [0.05, 0.1) is 16.1 Å². The third kappa shape index (κ3) is 2.48. The van der Waals surface area contributed by atoms with Crippen molar-refractivity contribution in [1.29, 1.82) is 0 Å². The summed E-state index contributed by atoms with van der Waals surface area (Å²) in [5.41, 5.74) is 0.630. The zero-order chi connectivity index (χ0) is 15.7. The number of allylic oxidation sites excluding steroid dienone is 3. The maximum atomic E-state index is 12.5. The summed E-state index contributed by atoms with van der Waals surface area (Å²) in [7, 11) is -3.98. The highest BCUT2D eigenvalue weighted by atomic mass is 32.2. The lowest BCUT2D eigenvalue weighted by Gasteiger charge is -2.13. The third-order valence-electron chi connectivity index (χ3n) is 3.45. The molecule has 0 radical (unpaired) electrons. The first-order valence-corrected chi connectivity index (χ1v) is 8.10. The Morgan fingerprint density at radius 2 is 2.09 bits per heavy atom. The van der Waals surface area contributed by atoms with Gasteiger partial charge in [0.25, 0.3) is 15.7 Å². The van der Waals surface area contributed by atoms with Crippen molar-refractivity contribution in [2.24, 2.45) is 0 Å². The van der Waals surface area contributed by atoms with Crippen molar-refractivity contribution < 1.29 is 13.3 Å². The smallest absolute Gasteiger partial charge is 0.285 e. The number of para-hydroxylation sites is 1. The van der Waals surface area contributed by atoms with Crippen LogP contribution in [0.1, 0.15) is 12.8 Å². The highest BCUT2D eigenvalue weighted by molar-refractivity contribution is 7.96. The maximum absolute atomic E-state index is 12.5. The molecule has 7 nitrogen and oxygen atoms in total. The van der Waals surface area contributed by atoms with Crippen molar-refractivity contribution in [2.75, 3.05) is 4.72 Å². The Morgan fingerprint density at radius 1 is 1.27 bits per heavy atom. The van der Waals surface area contributed by atoms with Gasteiger partial charge in [-0.3, -0.25) is 14.8 Å². The summed E-state index contributed by atoms with van der Waals surface area (Å²) >= 11 is 0. The van der Waals surface area contributed by atoms with Crippen LogP contribution in [0.15, 0.2) is 53.2 Å². The fraction of sp³-hybridized carbons (Fsp3) is 0.143. The van der Waals surface area contributed by atoms with Crippen molar-refractivity contribution >= 4 is 26.6 Å². The summed E-state index contributed by atoms with van der Waals surface area (Å²) in [5.74, 6) is 0. The minimum Gasteiger partial charge on any atom is -0.359 e. The monoisotopic (exact) mass is 319 g/mol. The summed E-state index contributed by atoms with van der Waals surface area (Å²) in [5, 5.41) is 11.9. The number of benzene rings is 1. The minimum absolute atomic E-state index is 0.114. The molecule has 2 N–H and O–H groups in total. The van der Waals surface area contributed by atoms with Crippen molar-refractivity contribution in [3.05, 3.63) is 63.3 Å². The number of aromatic amines is 1. The number of hydrogen-bond donors (Lipinski definition) is 2. The average Bonchev–Trinajstić information content (AvgIpc) is 2.96. The molecule has 0 spiro atoms. The second-order valence-electron chi connectivity index (χ2n) is 4.86. The van der Waals surface area contributed by atoms with Gasteiger partial charge in [-0.25, -0.2) is 8.42 Å². The minimum atomic E-state index is -3.98. The molecule has 0 amide bonds. The van der Waals surface area contributed by atoms with Crippen LogP contribution in [0, 0.1) is 10.1 Å². The summed E-state index contributed by atoms with van der Waals surface area (Å²) < 4.78 is 27.5. The number of aromatic nitrogens is 1. The molecule has 1 aromatic carbocycles. The Morgan fingerprint density at radius 3 is 2.86 bits per heavy atom. The molecule has 1 heterocycles. The van der Waals surface area contributed by atoms with Crippen LogP contribution in [0.2, 0.25) is 0 Å². The Hall–Kier alpha value is -2.61. The molecule has 1 aromatic heterocycles. The summed E-state index contributed by atoms with van der Waals surface area (Å²) in [6.07, 6.45) is 5.12. The molecule has 1 aliphatic rings. The van der Waals surface area contributed by atoms with Gasteiger partial charge in [0.2, 0.25) is 0 Å². The van der Waals surface area contributed by atoms with Gasteiger partial charge in [0, 0.05) is 17.7 Å². The lowest BCUT2D eigenvalue weighted by atomic mass is 10.1. The van der Waals surface area contributed by atoms with Gasteiger partial charge in [-0.2, -0.15) is 0 Å². The SMILES string of the molecule is O=[N+]([O-])C1=C(S(=O)(=O)Nc2cccc3cc[nH]c23)CCC=C1. The molecule has 22 heavy (non-hydrogen) atoms. The molecule has 0 bridgehead atoms. The zero-order valence-corrected chi connectivity index (χ0v) is 12.3. The van der Waals surface area contributed by atoms with Crippen molar-refractivity contribution in [2.45, 2.75) is 12.8 Å². The van der Waals surface area contributed by atoms with Crippen LogP contribution in [-0.4, -0.2) is 18.3 Å². The number of nitrogens with one attached hydrogen (secondary N) is 2. The lowest BCUT2D eigenvalue weighted by molar-refractivity contribution is -0.419. The van der Waals surface area contributed by atoms with E-state index in [1.807, 2.05) is 12.1 Å². The maximum Gasteiger partial charge on any atom is 0.285 e. The average molecular weight is 319 g/mol. The van der Waals surface area contributed by atoms with Crippen LogP contribution in [0.25, 0.3) is 10.9 Å². The van der Waals surface area contributed by atoms with E-state index in [4.69, 9.17) is 0 Å². The predicted molar refractivity (Wildman–Crippen MR) is 83.2 cm³/mol. The molecule has 0 saturated carbocycles. The fourth-order valence-corrected chi connectivity index (χ4v) is 3.83. The number of anilines is 1. The van der Waals surface area contributed by atoms with Crippen LogP contribution in [0.3, 0.4) is 0 Å². The number of nitro groups is 1. The van der Waals surface area contributed by atoms with E-state index in [0.29, 0.717) is 17.6 Å². The first-order valence-electron chi connectivity index (χ1n) is 6.62. The van der Waals surface area contributed by atoms with Gasteiger partial charge < -0.3 is 4.98 Å². The first-order chi connectivity index (χ1) is 10.5. The summed E-state index contributed by atoms with van der Waals surface area (Å²) in [4.78, 5) is 13.1. The van der Waals surface area contributed by atoms with Crippen molar-refractivity contribution in [3.63, 3.8) is 0 Å². The van der Waals surface area contributed by atoms with Crippen LogP contribution < -0.4 is 4.72 Å². The van der Waals surface area contributed by atoms with E-state index in [9.17, 15) is 18.5 Å². The van der Waals surface area contributed by atoms with Gasteiger partial charge in [-0.1, -0.05) is 18.2 Å². The standard InChI is InChI=1S/C14H13N3O4S/c18-17(19)12-6-1-2-7-13(12)22(20,21)16-11-5-3-4-10-8-9-15-14(10)11/h1,3-6,8-9,15-16H,2,7H2. The van der Waals surface area contributed by atoms with Crippen LogP contribution >= 0.6 is 0 Å². The molecule has 0 aliphatic heterocycles. The number of rotatable bonds is 4. The van der Waals surface area contributed by atoms with Gasteiger partial charge in [-0.15, -0.1) is 0 Å². The molecule has 114 valence electrons. The highest BCUT2D eigenvalue weighted by Gasteiger charge is 2.29. The Kier molecular flexibility index (Phi) is 3.45. The van der Waals surface area contributed by atoms with E-state index in [2.05, 4.69) is 9.71 Å². The Labute approximate surface area is 126 Å². The van der Waals surface area contributed by atoms with E-state index >= 15 is 0 Å². The molecule has 2 aromatic rings. The quantitative estimate of drug-likeness (QED) is 0.667. The van der Waals surface area contributed by atoms with Crippen molar-refractivity contribution in [3.8, 4) is 0 Å². The molecule has 8 heteroatoms. The Balaban J connectivity index is 2.05. The highest BCUT2D eigenvalue weighted by Crippen LogP contribution is 2.28. The van der Waals surface area contributed by atoms with E-state index in [0.717, 1.165) is 5.39 Å². The second kappa shape index (κ2) is 5.30.